The van der Waals surface area contributed by atoms with Crippen LogP contribution in [0, 0.1) is 13.8 Å². The maximum atomic E-state index is 12.3. The second kappa shape index (κ2) is 19.7. The first-order valence-corrected chi connectivity index (χ1v) is 19.3. The van der Waals surface area contributed by atoms with Gasteiger partial charge < -0.3 is 39.8 Å². The van der Waals surface area contributed by atoms with Crippen molar-refractivity contribution in [1.82, 2.24) is 31.2 Å². The summed E-state index contributed by atoms with van der Waals surface area (Å²) in [4.78, 5) is 33.8. The number of nitrogens with zero attached hydrogens (tertiary/aromatic N) is 2. The van der Waals surface area contributed by atoms with Crippen LogP contribution in [0.3, 0.4) is 0 Å². The van der Waals surface area contributed by atoms with Crippen LogP contribution in [0.15, 0.2) is 57.5 Å². The number of aromatic nitrogens is 2. The summed E-state index contributed by atoms with van der Waals surface area (Å²) in [7, 11) is 6.05. The van der Waals surface area contributed by atoms with Crippen LogP contribution in [0.1, 0.15) is 47.2 Å². The Morgan fingerprint density at radius 3 is 1.36 bits per heavy atom. The molecule has 56 heavy (non-hydrogen) atoms. The number of amides is 2. The van der Waals surface area contributed by atoms with Crippen molar-refractivity contribution < 1.29 is 38.7 Å². The molecule has 0 fully saturated rings. The lowest BCUT2D eigenvalue weighted by atomic mass is 9.92. The van der Waals surface area contributed by atoms with Gasteiger partial charge in [-0.2, -0.15) is 9.97 Å². The van der Waals surface area contributed by atoms with E-state index in [1.54, 1.807) is 13.8 Å². The number of rotatable bonds is 19. The van der Waals surface area contributed by atoms with E-state index in [-0.39, 0.29) is 38.1 Å². The summed E-state index contributed by atoms with van der Waals surface area (Å²) in [6.07, 6.45) is 0. The zero-order valence-corrected chi connectivity index (χ0v) is 36.0. The molecule has 14 nitrogen and oxygen atoms in total. The fourth-order valence-corrected chi connectivity index (χ4v) is 6.86. The van der Waals surface area contributed by atoms with E-state index in [1.165, 1.54) is 28.3 Å². The van der Waals surface area contributed by atoms with Gasteiger partial charge in [0.25, 0.3) is 0 Å². The number of likely N-dealkylation sites (N-methyl/N-ethyl adjacent to an activating group) is 2. The van der Waals surface area contributed by atoms with Crippen molar-refractivity contribution in [3.63, 3.8) is 0 Å². The summed E-state index contributed by atoms with van der Waals surface area (Å²) < 4.78 is 24.7. The summed E-state index contributed by atoms with van der Waals surface area (Å²) in [6.45, 7) is 7.46. The molecule has 0 saturated heterocycles. The molecule has 2 atom stereocenters. The first-order valence-electron chi connectivity index (χ1n) is 17.7. The molecule has 4 rings (SSSR count). The van der Waals surface area contributed by atoms with Crippen molar-refractivity contribution in [3.8, 4) is 34.6 Å². The monoisotopic (exact) mass is 900 g/mol. The molecule has 2 aromatic heterocycles. The van der Waals surface area contributed by atoms with Crippen LogP contribution in [0.2, 0.25) is 0 Å². The molecule has 2 heterocycles. The Balaban J connectivity index is 1.49. The highest BCUT2D eigenvalue weighted by molar-refractivity contribution is 9.10. The van der Waals surface area contributed by atoms with E-state index >= 15 is 0 Å². The largest absolute Gasteiger partial charge is 0.481 e. The third-order valence-electron chi connectivity index (χ3n) is 9.69. The molecule has 0 unspecified atom stereocenters. The quantitative estimate of drug-likeness (QED) is 0.0768. The summed E-state index contributed by atoms with van der Waals surface area (Å²) in [5.74, 6) is 0.652. The SMILES string of the molecule is CNC(=O)[C@](C)(CO)NCc1cc(Br)c(OCc2cccc(-c3cccc(COc4nc(OC)c(CN[C@@](C)(CO)C(=O)NC)cc4Br)c3C)c2C)nc1OC. The molecule has 0 spiro atoms. The summed E-state index contributed by atoms with van der Waals surface area (Å²) in [5, 5.41) is 31.0. The number of nitrogens with one attached hydrogen (secondary N) is 4. The number of methoxy groups -OCH3 is 2. The first kappa shape index (κ1) is 44.4. The molecule has 4 aromatic rings. The maximum Gasteiger partial charge on any atom is 0.242 e. The standard InChI is InChI=1S/C40H50Br2N6O8/c1-23-25(19-55-35-31(41)15-27(33(47-35)53-7)17-45-39(3,21-49)37(51)43-5)11-9-13-29(23)30-14-10-12-26(24(30)2)20-56-36-32(42)16-28(34(48-36)54-8)18-46-40(4,22-50)38(52)44-6/h9-16,45-46,49-50H,17-22H2,1-8H3,(H,43,51)(H,44,52)/t39-,40-/m0/s1. The number of aliphatic hydroxyl groups excluding tert-OH is 2. The van der Waals surface area contributed by atoms with Gasteiger partial charge >= 0.3 is 0 Å². The van der Waals surface area contributed by atoms with Gasteiger partial charge in [0.2, 0.25) is 35.3 Å². The molecule has 0 aliphatic heterocycles. The third kappa shape index (κ3) is 10.2. The molecule has 16 heteroatoms. The second-order valence-corrected chi connectivity index (χ2v) is 15.2. The normalized spacial score (nSPS) is 13.3. The Bertz CT molecular complexity index is 1890. The topological polar surface area (TPSA) is 185 Å². The Labute approximate surface area is 344 Å². The molecule has 0 radical (unpaired) electrons. The maximum absolute atomic E-state index is 12.3. The van der Waals surface area contributed by atoms with Crippen molar-refractivity contribution in [1.29, 1.82) is 0 Å². The lowest BCUT2D eigenvalue weighted by Gasteiger charge is -2.27. The number of aliphatic hydroxyl groups is 2. The van der Waals surface area contributed by atoms with Gasteiger partial charge in [0.05, 0.1) is 36.4 Å². The van der Waals surface area contributed by atoms with E-state index in [0.29, 0.717) is 43.6 Å². The lowest BCUT2D eigenvalue weighted by molar-refractivity contribution is -0.128. The van der Waals surface area contributed by atoms with Gasteiger partial charge in [0.1, 0.15) is 24.3 Å². The zero-order chi connectivity index (χ0) is 41.2. The van der Waals surface area contributed by atoms with Crippen LogP contribution in [0.5, 0.6) is 23.5 Å². The molecule has 0 bridgehead atoms. The van der Waals surface area contributed by atoms with Crippen molar-refractivity contribution in [3.05, 3.63) is 90.9 Å². The molecule has 6 N–H and O–H groups in total. The number of carbonyl (C=O) groups excluding carboxylic acids is 2. The van der Waals surface area contributed by atoms with Gasteiger partial charge in [-0.05, 0) is 105 Å². The average molecular weight is 903 g/mol. The van der Waals surface area contributed by atoms with Crippen LogP contribution < -0.4 is 40.2 Å². The molecule has 302 valence electrons. The van der Waals surface area contributed by atoms with E-state index in [2.05, 4.69) is 89.1 Å². The third-order valence-corrected chi connectivity index (χ3v) is 10.8. The van der Waals surface area contributed by atoms with Crippen LogP contribution in [-0.4, -0.2) is 84.6 Å². The minimum absolute atomic E-state index is 0.212. The molecule has 0 aliphatic rings. The van der Waals surface area contributed by atoms with E-state index < -0.39 is 24.3 Å². The minimum Gasteiger partial charge on any atom is -0.481 e. The van der Waals surface area contributed by atoms with Gasteiger partial charge in [-0.15, -0.1) is 0 Å². The summed E-state index contributed by atoms with van der Waals surface area (Å²) in [6, 6.07) is 15.8. The predicted octanol–water partition coefficient (Wildman–Crippen LogP) is 4.63. The number of hydrogen-bond acceptors (Lipinski definition) is 12. The number of hydrogen-bond donors (Lipinski definition) is 6. The average Bonchev–Trinajstić information content (AvgIpc) is 3.21. The number of halogens is 2. The Morgan fingerprint density at radius 2 is 1.04 bits per heavy atom. The highest BCUT2D eigenvalue weighted by atomic mass is 79.9. The van der Waals surface area contributed by atoms with E-state index in [4.69, 9.17) is 18.9 Å². The van der Waals surface area contributed by atoms with Gasteiger partial charge in [-0.3, -0.25) is 20.2 Å². The van der Waals surface area contributed by atoms with Crippen LogP contribution in [0.25, 0.3) is 11.1 Å². The summed E-state index contributed by atoms with van der Waals surface area (Å²) >= 11 is 7.15. The second-order valence-electron chi connectivity index (χ2n) is 13.5. The van der Waals surface area contributed by atoms with Gasteiger partial charge in [0, 0.05) is 38.3 Å². The van der Waals surface area contributed by atoms with Crippen molar-refractivity contribution in [2.45, 2.75) is 65.1 Å². The number of ether oxygens (including phenoxy) is 4. The van der Waals surface area contributed by atoms with Crippen molar-refractivity contribution in [2.75, 3.05) is 41.5 Å². The van der Waals surface area contributed by atoms with Crippen LogP contribution >= 0.6 is 31.9 Å². The molecular weight excluding hydrogens is 852 g/mol. The van der Waals surface area contributed by atoms with E-state index in [1.807, 2.05) is 36.4 Å². The lowest BCUT2D eigenvalue weighted by Crippen LogP contribution is -2.56. The Kier molecular flexibility index (Phi) is 15.6. The van der Waals surface area contributed by atoms with Gasteiger partial charge in [-0.25, -0.2) is 0 Å². The Hall–Kier alpha value is -4.32. The number of carbonyl (C=O) groups is 2. The highest BCUT2D eigenvalue weighted by Crippen LogP contribution is 2.35. The number of pyridine rings is 2. The first-order chi connectivity index (χ1) is 26.7. The zero-order valence-electron chi connectivity index (χ0n) is 32.9. The van der Waals surface area contributed by atoms with Crippen LogP contribution in [0.4, 0.5) is 0 Å². The van der Waals surface area contributed by atoms with Crippen LogP contribution in [-0.2, 0) is 35.9 Å². The Morgan fingerprint density at radius 1 is 0.661 bits per heavy atom. The van der Waals surface area contributed by atoms with Crippen molar-refractivity contribution in [2.24, 2.45) is 0 Å². The van der Waals surface area contributed by atoms with E-state index in [0.717, 1.165) is 33.4 Å². The number of benzene rings is 2. The fraction of sp³-hybridized carbons (Fsp3) is 0.400. The van der Waals surface area contributed by atoms with E-state index in [9.17, 15) is 19.8 Å². The highest BCUT2D eigenvalue weighted by Gasteiger charge is 2.33. The fourth-order valence-electron chi connectivity index (χ4n) is 5.90. The molecular formula is C40H50Br2N6O8. The molecule has 2 aromatic carbocycles. The minimum atomic E-state index is -1.19. The van der Waals surface area contributed by atoms with Gasteiger partial charge in [-0.1, -0.05) is 36.4 Å². The molecule has 0 saturated carbocycles. The van der Waals surface area contributed by atoms with Crippen molar-refractivity contribution >= 4 is 43.7 Å². The predicted molar refractivity (Wildman–Crippen MR) is 220 cm³/mol. The smallest absolute Gasteiger partial charge is 0.242 e. The molecule has 0 aliphatic carbocycles. The molecule has 2 amide bonds. The summed E-state index contributed by atoms with van der Waals surface area (Å²) in [5.41, 5.74) is 5.08. The van der Waals surface area contributed by atoms with Gasteiger partial charge in [0.15, 0.2) is 0 Å².